The van der Waals surface area contributed by atoms with Gasteiger partial charge in [0.25, 0.3) is 5.91 Å². The van der Waals surface area contributed by atoms with E-state index in [2.05, 4.69) is 5.16 Å². The second-order valence-electron chi connectivity index (χ2n) is 5.59. The van der Waals surface area contributed by atoms with Gasteiger partial charge in [0.15, 0.2) is 0 Å². The van der Waals surface area contributed by atoms with E-state index in [4.69, 9.17) is 39.6 Å². The zero-order valence-electron chi connectivity index (χ0n) is 12.4. The standard InChI is InChI=1S/C17H9Cl3N2O3/c18-8-1-4-10(5-2-8)22-16(23)13-14(21-25-15(13)17(22)24)11-6-3-9(19)7-12(11)20/h1-7,13,15H/t13-,15-/m1/s1. The smallest absolute Gasteiger partial charge is 0.278 e. The molecule has 0 unspecified atom stereocenters. The molecule has 0 aromatic heterocycles. The number of oxime groups is 1. The molecule has 2 aliphatic heterocycles. The number of fused-ring (bicyclic) bond motifs is 1. The van der Waals surface area contributed by atoms with Gasteiger partial charge in [0.1, 0.15) is 11.6 Å². The molecule has 1 fully saturated rings. The van der Waals surface area contributed by atoms with Crippen LogP contribution >= 0.6 is 34.8 Å². The van der Waals surface area contributed by atoms with Crippen LogP contribution in [0.2, 0.25) is 15.1 Å². The number of carbonyl (C=O) groups excluding carboxylic acids is 2. The van der Waals surface area contributed by atoms with E-state index in [-0.39, 0.29) is 0 Å². The molecule has 126 valence electrons. The van der Waals surface area contributed by atoms with Gasteiger partial charge < -0.3 is 4.84 Å². The monoisotopic (exact) mass is 394 g/mol. The molecule has 8 heteroatoms. The van der Waals surface area contributed by atoms with Crippen molar-refractivity contribution in [1.29, 1.82) is 0 Å². The molecule has 0 spiro atoms. The Morgan fingerprint density at radius 1 is 0.920 bits per heavy atom. The summed E-state index contributed by atoms with van der Waals surface area (Å²) in [4.78, 5) is 31.8. The fourth-order valence-electron chi connectivity index (χ4n) is 2.94. The Labute approximate surface area is 157 Å². The second kappa shape index (κ2) is 6.02. The predicted molar refractivity (Wildman–Crippen MR) is 95.3 cm³/mol. The Morgan fingerprint density at radius 3 is 2.28 bits per heavy atom. The number of benzene rings is 2. The third-order valence-electron chi connectivity index (χ3n) is 4.10. The van der Waals surface area contributed by atoms with Crippen LogP contribution in [0.5, 0.6) is 0 Å². The number of hydrogen-bond donors (Lipinski definition) is 0. The van der Waals surface area contributed by atoms with Gasteiger partial charge in [-0.2, -0.15) is 0 Å². The Balaban J connectivity index is 1.72. The highest BCUT2D eigenvalue weighted by atomic mass is 35.5. The average molecular weight is 396 g/mol. The molecule has 2 aliphatic rings. The van der Waals surface area contributed by atoms with Gasteiger partial charge in [-0.05, 0) is 36.4 Å². The molecule has 4 rings (SSSR count). The van der Waals surface area contributed by atoms with Crippen LogP contribution in [0.4, 0.5) is 5.69 Å². The van der Waals surface area contributed by atoms with E-state index in [1.54, 1.807) is 42.5 Å². The molecule has 2 amide bonds. The van der Waals surface area contributed by atoms with Crippen LogP contribution in [0.15, 0.2) is 47.6 Å². The summed E-state index contributed by atoms with van der Waals surface area (Å²) in [5.74, 6) is -1.73. The molecule has 2 aromatic carbocycles. The zero-order chi connectivity index (χ0) is 17.7. The molecular formula is C17H9Cl3N2O3. The first-order chi connectivity index (χ1) is 12.0. The third kappa shape index (κ3) is 2.59. The summed E-state index contributed by atoms with van der Waals surface area (Å²) in [6.07, 6.45) is -0.995. The molecule has 25 heavy (non-hydrogen) atoms. The van der Waals surface area contributed by atoms with Gasteiger partial charge in [-0.1, -0.05) is 46.0 Å². The summed E-state index contributed by atoms with van der Waals surface area (Å²) >= 11 is 18.0. The van der Waals surface area contributed by atoms with Crippen molar-refractivity contribution >= 4 is 58.0 Å². The van der Waals surface area contributed by atoms with Crippen molar-refractivity contribution in [2.24, 2.45) is 11.1 Å². The summed E-state index contributed by atoms with van der Waals surface area (Å²) < 4.78 is 0. The fraction of sp³-hybridized carbons (Fsp3) is 0.118. The van der Waals surface area contributed by atoms with E-state index < -0.39 is 23.8 Å². The van der Waals surface area contributed by atoms with Crippen molar-refractivity contribution in [2.75, 3.05) is 4.90 Å². The van der Waals surface area contributed by atoms with E-state index in [0.717, 1.165) is 4.90 Å². The van der Waals surface area contributed by atoms with Crippen LogP contribution in [0.3, 0.4) is 0 Å². The van der Waals surface area contributed by atoms with Crippen LogP contribution in [0.25, 0.3) is 0 Å². The number of carbonyl (C=O) groups is 2. The normalized spacial score (nSPS) is 22.0. The minimum absolute atomic E-state index is 0.321. The highest BCUT2D eigenvalue weighted by Gasteiger charge is 2.56. The molecule has 0 aliphatic carbocycles. The maximum atomic E-state index is 12.9. The number of hydrogen-bond acceptors (Lipinski definition) is 4. The van der Waals surface area contributed by atoms with E-state index in [1.165, 1.54) is 0 Å². The highest BCUT2D eigenvalue weighted by molar-refractivity contribution is 6.39. The summed E-state index contributed by atoms with van der Waals surface area (Å²) in [6.45, 7) is 0. The summed E-state index contributed by atoms with van der Waals surface area (Å²) in [5.41, 5.74) is 1.26. The van der Waals surface area contributed by atoms with Gasteiger partial charge >= 0.3 is 0 Å². The van der Waals surface area contributed by atoms with Crippen LogP contribution < -0.4 is 4.90 Å². The topological polar surface area (TPSA) is 59.0 Å². The SMILES string of the molecule is O=C1[C@@H]2C(c3ccc(Cl)cc3Cl)=NO[C@H]2C(=O)N1c1ccc(Cl)cc1. The van der Waals surface area contributed by atoms with Gasteiger partial charge in [0.05, 0.1) is 10.7 Å². The maximum absolute atomic E-state index is 12.9. The Kier molecular flexibility index (Phi) is 3.95. The predicted octanol–water partition coefficient (Wildman–Crippen LogP) is 3.94. The molecule has 1 saturated heterocycles. The lowest BCUT2D eigenvalue weighted by Gasteiger charge is -2.15. The van der Waals surface area contributed by atoms with Crippen LogP contribution in [-0.4, -0.2) is 23.6 Å². The van der Waals surface area contributed by atoms with E-state index in [9.17, 15) is 9.59 Å². The van der Waals surface area contributed by atoms with Gasteiger partial charge in [-0.3, -0.25) is 9.59 Å². The van der Waals surface area contributed by atoms with Crippen molar-refractivity contribution in [3.8, 4) is 0 Å². The first kappa shape index (κ1) is 16.4. The number of imide groups is 1. The highest BCUT2D eigenvalue weighted by Crippen LogP contribution is 2.37. The lowest BCUT2D eigenvalue weighted by molar-refractivity contribution is -0.126. The van der Waals surface area contributed by atoms with E-state index in [1.807, 2.05) is 0 Å². The van der Waals surface area contributed by atoms with Crippen molar-refractivity contribution in [1.82, 2.24) is 0 Å². The zero-order valence-corrected chi connectivity index (χ0v) is 14.7. The summed E-state index contributed by atoms with van der Waals surface area (Å²) in [5, 5.41) is 5.23. The molecule has 0 radical (unpaired) electrons. The Morgan fingerprint density at radius 2 is 1.60 bits per heavy atom. The van der Waals surface area contributed by atoms with Gasteiger partial charge in [-0.25, -0.2) is 4.90 Å². The molecule has 0 saturated carbocycles. The van der Waals surface area contributed by atoms with Gasteiger partial charge in [-0.15, -0.1) is 0 Å². The van der Waals surface area contributed by atoms with Gasteiger partial charge in [0.2, 0.25) is 12.0 Å². The van der Waals surface area contributed by atoms with Crippen molar-refractivity contribution in [3.05, 3.63) is 63.1 Å². The van der Waals surface area contributed by atoms with Crippen molar-refractivity contribution in [2.45, 2.75) is 6.10 Å². The van der Waals surface area contributed by atoms with E-state index >= 15 is 0 Å². The van der Waals surface area contributed by atoms with Gasteiger partial charge in [0, 0.05) is 15.6 Å². The maximum Gasteiger partial charge on any atom is 0.278 e. The molecule has 0 N–H and O–H groups in total. The summed E-state index contributed by atoms with van der Waals surface area (Å²) in [6, 6.07) is 11.3. The van der Waals surface area contributed by atoms with Crippen molar-refractivity contribution in [3.63, 3.8) is 0 Å². The molecule has 0 bridgehead atoms. The fourth-order valence-corrected chi connectivity index (χ4v) is 3.57. The Hall–Kier alpha value is -2.08. The lowest BCUT2D eigenvalue weighted by atomic mass is 9.94. The Bertz CT molecular complexity index is 927. The number of anilines is 1. The summed E-state index contributed by atoms with van der Waals surface area (Å²) in [7, 11) is 0. The molecule has 2 aromatic rings. The average Bonchev–Trinajstić information content (AvgIpc) is 3.10. The second-order valence-corrected chi connectivity index (χ2v) is 6.87. The number of nitrogens with zero attached hydrogens (tertiary/aromatic N) is 2. The minimum atomic E-state index is -0.995. The van der Waals surface area contributed by atoms with E-state index in [0.29, 0.717) is 32.0 Å². The molecule has 5 nitrogen and oxygen atoms in total. The third-order valence-corrected chi connectivity index (χ3v) is 4.90. The first-order valence-electron chi connectivity index (χ1n) is 7.30. The quantitative estimate of drug-likeness (QED) is 0.724. The van der Waals surface area contributed by atoms with Crippen LogP contribution in [0, 0.1) is 5.92 Å². The number of rotatable bonds is 2. The minimum Gasteiger partial charge on any atom is -0.381 e. The molecule has 2 atom stereocenters. The van der Waals surface area contributed by atoms with Crippen LogP contribution in [0.1, 0.15) is 5.56 Å². The van der Waals surface area contributed by atoms with Crippen molar-refractivity contribution < 1.29 is 14.4 Å². The number of amides is 2. The largest absolute Gasteiger partial charge is 0.381 e. The molecule has 2 heterocycles. The number of halogens is 3. The van der Waals surface area contributed by atoms with Crippen LogP contribution in [-0.2, 0) is 14.4 Å². The lowest BCUT2D eigenvalue weighted by Crippen LogP contribution is -2.33. The first-order valence-corrected chi connectivity index (χ1v) is 8.43. The molecular weight excluding hydrogens is 387 g/mol.